The predicted molar refractivity (Wildman–Crippen MR) is 66.0 cm³/mol. The average Bonchev–Trinajstić information content (AvgIpc) is 2.81. The minimum absolute atomic E-state index is 0.124. The first-order chi connectivity index (χ1) is 8.10. The molecule has 1 fully saturated rings. The fourth-order valence-corrected chi connectivity index (χ4v) is 4.05. The van der Waals surface area contributed by atoms with E-state index in [-0.39, 0.29) is 11.8 Å². The molecule has 1 N–H and O–H groups in total. The summed E-state index contributed by atoms with van der Waals surface area (Å²) in [6.07, 6.45) is 1.95. The molecule has 1 aromatic carbocycles. The van der Waals surface area contributed by atoms with E-state index in [0.717, 1.165) is 18.4 Å². The van der Waals surface area contributed by atoms with E-state index in [0.29, 0.717) is 0 Å². The van der Waals surface area contributed by atoms with E-state index in [1.54, 1.807) is 0 Å². The van der Waals surface area contributed by atoms with Crippen molar-refractivity contribution < 1.29 is 9.90 Å². The van der Waals surface area contributed by atoms with E-state index in [1.807, 2.05) is 19.1 Å². The number of rotatable bonds is 2. The number of fused-ring (bicyclic) bond motifs is 5. The third-order valence-corrected chi connectivity index (χ3v) is 4.65. The summed E-state index contributed by atoms with van der Waals surface area (Å²) in [5, 5.41) is 9.73. The van der Waals surface area contributed by atoms with Gasteiger partial charge in [-0.25, -0.2) is 0 Å². The summed E-state index contributed by atoms with van der Waals surface area (Å²) in [4.78, 5) is 11.8. The van der Waals surface area contributed by atoms with Crippen molar-refractivity contribution in [3.05, 3.63) is 47.5 Å². The summed E-state index contributed by atoms with van der Waals surface area (Å²) in [7, 11) is 0. The van der Waals surface area contributed by atoms with Crippen molar-refractivity contribution in [2.24, 2.45) is 5.41 Å². The van der Waals surface area contributed by atoms with Crippen molar-refractivity contribution in [1.29, 1.82) is 0 Å². The minimum Gasteiger partial charge on any atom is -0.481 e. The van der Waals surface area contributed by atoms with Crippen LogP contribution in [0, 0.1) is 5.41 Å². The molecule has 0 aromatic heterocycles. The van der Waals surface area contributed by atoms with Gasteiger partial charge in [-0.05, 0) is 30.9 Å². The molecule has 2 heteroatoms. The zero-order valence-electron chi connectivity index (χ0n) is 9.94. The van der Waals surface area contributed by atoms with Crippen molar-refractivity contribution >= 4 is 5.97 Å². The highest BCUT2D eigenvalue weighted by Gasteiger charge is 2.62. The van der Waals surface area contributed by atoms with Crippen molar-refractivity contribution in [3.63, 3.8) is 0 Å². The molecular formula is C15H16O2. The SMILES string of the molecule is C=C(C)C1(C(=O)O)[C@@H]2CC[C@@H]1c1ccccc12. The Hall–Kier alpha value is -1.57. The van der Waals surface area contributed by atoms with Crippen LogP contribution >= 0.6 is 0 Å². The van der Waals surface area contributed by atoms with Gasteiger partial charge in [0.1, 0.15) is 5.41 Å². The second-order valence-electron chi connectivity index (χ2n) is 5.27. The Morgan fingerprint density at radius 3 is 2.12 bits per heavy atom. The van der Waals surface area contributed by atoms with Gasteiger partial charge in [0.05, 0.1) is 0 Å². The van der Waals surface area contributed by atoms with Gasteiger partial charge >= 0.3 is 5.97 Å². The minimum atomic E-state index is -0.746. The summed E-state index contributed by atoms with van der Waals surface area (Å²) in [5.74, 6) is -0.453. The summed E-state index contributed by atoms with van der Waals surface area (Å²) < 4.78 is 0. The van der Waals surface area contributed by atoms with Crippen LogP contribution in [0.5, 0.6) is 0 Å². The van der Waals surface area contributed by atoms with Gasteiger partial charge in [-0.3, -0.25) is 4.79 Å². The highest BCUT2D eigenvalue weighted by atomic mass is 16.4. The fraction of sp³-hybridized carbons (Fsp3) is 0.400. The molecule has 0 spiro atoms. The average molecular weight is 228 g/mol. The van der Waals surface area contributed by atoms with Gasteiger partial charge in [-0.15, -0.1) is 0 Å². The molecule has 1 aromatic rings. The topological polar surface area (TPSA) is 37.3 Å². The summed E-state index contributed by atoms with van der Waals surface area (Å²) in [5.41, 5.74) is 2.51. The lowest BCUT2D eigenvalue weighted by Gasteiger charge is -2.30. The van der Waals surface area contributed by atoms with Gasteiger partial charge in [-0.2, -0.15) is 0 Å². The Balaban J connectivity index is 2.25. The molecule has 0 heterocycles. The van der Waals surface area contributed by atoms with Crippen LogP contribution in [-0.4, -0.2) is 11.1 Å². The van der Waals surface area contributed by atoms with Crippen LogP contribution in [0.15, 0.2) is 36.4 Å². The first-order valence-corrected chi connectivity index (χ1v) is 6.08. The predicted octanol–water partition coefficient (Wildman–Crippen LogP) is 3.31. The molecular weight excluding hydrogens is 212 g/mol. The number of hydrogen-bond donors (Lipinski definition) is 1. The van der Waals surface area contributed by atoms with E-state index >= 15 is 0 Å². The molecule has 3 rings (SSSR count). The molecule has 2 nitrogen and oxygen atoms in total. The highest BCUT2D eigenvalue weighted by Crippen LogP contribution is 2.67. The quantitative estimate of drug-likeness (QED) is 0.788. The van der Waals surface area contributed by atoms with Crippen LogP contribution in [0.4, 0.5) is 0 Å². The van der Waals surface area contributed by atoms with Gasteiger partial charge in [0.25, 0.3) is 0 Å². The lowest BCUT2D eigenvalue weighted by Crippen LogP contribution is -2.35. The Bertz CT molecular complexity index is 468. The van der Waals surface area contributed by atoms with Crippen LogP contribution in [0.25, 0.3) is 0 Å². The molecule has 2 bridgehead atoms. The number of carboxylic acid groups (broad SMARTS) is 1. The number of carboxylic acids is 1. The third kappa shape index (κ3) is 1.03. The van der Waals surface area contributed by atoms with Crippen molar-refractivity contribution in [3.8, 4) is 0 Å². The standard InChI is InChI=1S/C15H16O2/c1-9(2)15(14(16)17)12-7-8-13(15)11-6-4-3-5-10(11)12/h3-6,12-13H,1,7-8H2,2H3,(H,16,17)/t12-,13-/m1/s1. The van der Waals surface area contributed by atoms with Crippen molar-refractivity contribution in [1.82, 2.24) is 0 Å². The Labute approximate surface area is 101 Å². The molecule has 0 radical (unpaired) electrons. The number of hydrogen-bond acceptors (Lipinski definition) is 1. The summed E-state index contributed by atoms with van der Waals surface area (Å²) >= 11 is 0. The van der Waals surface area contributed by atoms with Crippen LogP contribution < -0.4 is 0 Å². The van der Waals surface area contributed by atoms with Crippen LogP contribution in [0.2, 0.25) is 0 Å². The van der Waals surface area contributed by atoms with Crippen LogP contribution in [0.3, 0.4) is 0 Å². The molecule has 0 saturated heterocycles. The number of aliphatic carboxylic acids is 1. The van der Waals surface area contributed by atoms with Gasteiger partial charge in [0.15, 0.2) is 0 Å². The van der Waals surface area contributed by atoms with Crippen molar-refractivity contribution in [2.75, 3.05) is 0 Å². The van der Waals surface area contributed by atoms with Crippen LogP contribution in [-0.2, 0) is 4.79 Å². The highest BCUT2D eigenvalue weighted by molar-refractivity contribution is 5.84. The second kappa shape index (κ2) is 3.22. The van der Waals surface area contributed by atoms with E-state index in [9.17, 15) is 9.90 Å². The molecule has 2 atom stereocenters. The molecule has 0 amide bonds. The van der Waals surface area contributed by atoms with Gasteiger partial charge in [-0.1, -0.05) is 36.4 Å². The first kappa shape index (κ1) is 10.6. The Morgan fingerprint density at radius 2 is 1.76 bits per heavy atom. The molecule has 88 valence electrons. The number of carbonyl (C=O) groups is 1. The van der Waals surface area contributed by atoms with Crippen LogP contribution in [0.1, 0.15) is 42.7 Å². The molecule has 2 aliphatic rings. The maximum absolute atomic E-state index is 11.8. The zero-order valence-corrected chi connectivity index (χ0v) is 9.94. The Morgan fingerprint density at radius 1 is 1.29 bits per heavy atom. The molecule has 1 saturated carbocycles. The molecule has 0 aliphatic heterocycles. The lowest BCUT2D eigenvalue weighted by atomic mass is 9.71. The maximum atomic E-state index is 11.8. The first-order valence-electron chi connectivity index (χ1n) is 6.08. The van der Waals surface area contributed by atoms with E-state index < -0.39 is 11.4 Å². The zero-order chi connectivity index (χ0) is 12.2. The maximum Gasteiger partial charge on any atom is 0.315 e. The monoisotopic (exact) mass is 228 g/mol. The third-order valence-electron chi connectivity index (χ3n) is 4.65. The van der Waals surface area contributed by atoms with E-state index in [2.05, 4.69) is 18.7 Å². The summed E-state index contributed by atoms with van der Waals surface area (Å²) in [6, 6.07) is 8.18. The second-order valence-corrected chi connectivity index (χ2v) is 5.27. The van der Waals surface area contributed by atoms with Crippen molar-refractivity contribution in [2.45, 2.75) is 31.6 Å². The Kier molecular flexibility index (Phi) is 2.00. The molecule has 2 aliphatic carbocycles. The lowest BCUT2D eigenvalue weighted by molar-refractivity contribution is -0.147. The van der Waals surface area contributed by atoms with Gasteiger partial charge in [0.2, 0.25) is 0 Å². The summed E-state index contributed by atoms with van der Waals surface area (Å²) in [6.45, 7) is 5.84. The van der Waals surface area contributed by atoms with Gasteiger partial charge in [0, 0.05) is 11.8 Å². The van der Waals surface area contributed by atoms with E-state index in [4.69, 9.17) is 0 Å². The largest absolute Gasteiger partial charge is 0.481 e. The fourth-order valence-electron chi connectivity index (χ4n) is 4.05. The molecule has 0 unspecified atom stereocenters. The molecule has 17 heavy (non-hydrogen) atoms. The normalized spacial score (nSPS) is 33.5. The smallest absolute Gasteiger partial charge is 0.315 e. The van der Waals surface area contributed by atoms with E-state index in [1.165, 1.54) is 11.1 Å². The number of benzene rings is 1. The van der Waals surface area contributed by atoms with Gasteiger partial charge < -0.3 is 5.11 Å².